The molecule has 4 aliphatic carbocycles. The second-order valence-corrected chi connectivity index (χ2v) is 16.7. The molecule has 1 amide bonds. The Bertz CT molecular complexity index is 1080. The van der Waals surface area contributed by atoms with Crippen molar-refractivity contribution in [1.29, 1.82) is 0 Å². The van der Waals surface area contributed by atoms with Gasteiger partial charge in [0.25, 0.3) is 0 Å². The van der Waals surface area contributed by atoms with Gasteiger partial charge in [-0.1, -0.05) is 65.5 Å². The quantitative estimate of drug-likeness (QED) is 0.150. The maximum absolute atomic E-state index is 12.7. The summed E-state index contributed by atoms with van der Waals surface area (Å²) in [5.74, 6) is 4.79. The van der Waals surface area contributed by atoms with Crippen LogP contribution >= 0.6 is 0 Å². The summed E-state index contributed by atoms with van der Waals surface area (Å²) < 4.78 is 16.9. The number of aliphatic hydroxyl groups is 4. The Morgan fingerprint density at radius 1 is 1.02 bits per heavy atom. The van der Waals surface area contributed by atoms with E-state index in [4.69, 9.17) is 14.2 Å². The highest BCUT2D eigenvalue weighted by Gasteiger charge is 2.59. The van der Waals surface area contributed by atoms with E-state index in [-0.39, 0.29) is 24.7 Å². The molecule has 3 saturated carbocycles. The van der Waals surface area contributed by atoms with Crippen LogP contribution in [0.1, 0.15) is 112 Å². The number of carbonyl (C=O) groups is 1. The highest BCUT2D eigenvalue weighted by molar-refractivity contribution is 5.67. The molecule has 9 heteroatoms. The van der Waals surface area contributed by atoms with Gasteiger partial charge < -0.3 is 40.0 Å². The number of hydrogen-bond donors (Lipinski definition) is 5. The second kappa shape index (κ2) is 14.3. The smallest absolute Gasteiger partial charge is 0.407 e. The van der Waals surface area contributed by atoms with Gasteiger partial charge in [0.15, 0.2) is 6.29 Å². The van der Waals surface area contributed by atoms with Crippen molar-refractivity contribution in [2.75, 3.05) is 19.8 Å². The van der Waals surface area contributed by atoms with Crippen LogP contribution in [-0.4, -0.2) is 82.6 Å². The van der Waals surface area contributed by atoms with Gasteiger partial charge in [-0.05, 0) is 98.2 Å². The Hall–Kier alpha value is -1.23. The third kappa shape index (κ3) is 6.93. The van der Waals surface area contributed by atoms with E-state index in [1.54, 1.807) is 0 Å². The first-order chi connectivity index (χ1) is 21.7. The minimum atomic E-state index is -1.53. The summed E-state index contributed by atoms with van der Waals surface area (Å²) in [6.45, 7) is 13.3. The molecule has 1 aliphatic heterocycles. The molecule has 0 aromatic heterocycles. The van der Waals surface area contributed by atoms with Crippen LogP contribution in [0.5, 0.6) is 0 Å². The fourth-order valence-electron chi connectivity index (χ4n) is 10.7. The molecule has 1 saturated heterocycles. The van der Waals surface area contributed by atoms with Gasteiger partial charge in [-0.25, -0.2) is 4.79 Å². The molecule has 4 fully saturated rings. The van der Waals surface area contributed by atoms with E-state index in [0.717, 1.165) is 61.2 Å². The summed E-state index contributed by atoms with van der Waals surface area (Å²) in [6, 6.07) is 0. The van der Waals surface area contributed by atoms with Crippen LogP contribution < -0.4 is 5.32 Å². The van der Waals surface area contributed by atoms with E-state index >= 15 is 0 Å². The fourth-order valence-corrected chi connectivity index (χ4v) is 10.7. The highest BCUT2D eigenvalue weighted by Crippen LogP contribution is 2.67. The van der Waals surface area contributed by atoms with E-state index in [1.807, 2.05) is 0 Å². The molecule has 5 aliphatic rings. The fraction of sp³-hybridized carbons (Fsp3) is 0.919. The summed E-state index contributed by atoms with van der Waals surface area (Å²) in [5.41, 5.74) is 0.680. The van der Waals surface area contributed by atoms with E-state index in [9.17, 15) is 25.2 Å². The summed E-state index contributed by atoms with van der Waals surface area (Å²) in [6.07, 6.45) is 9.55. The molecule has 0 aromatic rings. The lowest BCUT2D eigenvalue weighted by Crippen LogP contribution is -2.65. The lowest BCUT2D eigenvalue weighted by atomic mass is 9.47. The first kappa shape index (κ1) is 36.1. The Morgan fingerprint density at radius 3 is 2.50 bits per heavy atom. The molecule has 0 bridgehead atoms. The molecule has 13 atom stereocenters. The highest BCUT2D eigenvalue weighted by atomic mass is 16.7. The van der Waals surface area contributed by atoms with Gasteiger partial charge in [-0.3, -0.25) is 0 Å². The van der Waals surface area contributed by atoms with Crippen LogP contribution in [0.4, 0.5) is 4.79 Å². The van der Waals surface area contributed by atoms with Crippen LogP contribution in [0, 0.1) is 46.3 Å². The topological polar surface area (TPSA) is 138 Å². The number of rotatable bonds is 11. The third-order valence-electron chi connectivity index (χ3n) is 13.5. The molecular weight excluding hydrogens is 586 g/mol. The Balaban J connectivity index is 1.10. The van der Waals surface area contributed by atoms with Gasteiger partial charge >= 0.3 is 6.09 Å². The van der Waals surface area contributed by atoms with Crippen molar-refractivity contribution in [3.63, 3.8) is 0 Å². The monoisotopic (exact) mass is 649 g/mol. The molecule has 10 unspecified atom stereocenters. The SMILES string of the molecule is CC(C)CCCC(C)C1CCC2C3CC=C4CC(OC(=O)NCCOC5OC(C)(CO)[C@H](O)C(O)C5O)CC[C@]4(C)C3CC[C@]12C. The maximum Gasteiger partial charge on any atom is 0.407 e. The zero-order valence-corrected chi connectivity index (χ0v) is 29.2. The number of allylic oxidation sites excluding steroid dienone is 1. The molecule has 9 nitrogen and oxygen atoms in total. The van der Waals surface area contributed by atoms with E-state index in [1.165, 1.54) is 57.4 Å². The predicted molar refractivity (Wildman–Crippen MR) is 176 cm³/mol. The van der Waals surface area contributed by atoms with Gasteiger partial charge in [-0.2, -0.15) is 0 Å². The Kier molecular flexibility index (Phi) is 11.2. The molecule has 5 rings (SSSR count). The summed E-state index contributed by atoms with van der Waals surface area (Å²) in [4.78, 5) is 12.7. The zero-order chi connectivity index (χ0) is 33.4. The number of nitrogens with one attached hydrogen (secondary N) is 1. The molecule has 5 N–H and O–H groups in total. The first-order valence-corrected chi connectivity index (χ1v) is 18.3. The molecule has 1 heterocycles. The molecular formula is C37H63NO8. The Labute approximate surface area is 276 Å². The van der Waals surface area contributed by atoms with E-state index in [2.05, 4.69) is 46.0 Å². The molecule has 46 heavy (non-hydrogen) atoms. The third-order valence-corrected chi connectivity index (χ3v) is 13.5. The van der Waals surface area contributed by atoms with Crippen molar-refractivity contribution in [2.45, 2.75) is 148 Å². The number of aliphatic hydroxyl groups excluding tert-OH is 4. The van der Waals surface area contributed by atoms with Crippen molar-refractivity contribution in [2.24, 2.45) is 46.3 Å². The van der Waals surface area contributed by atoms with Crippen molar-refractivity contribution >= 4 is 6.09 Å². The van der Waals surface area contributed by atoms with Gasteiger partial charge in [-0.15, -0.1) is 0 Å². The summed E-state index contributed by atoms with van der Waals surface area (Å²) in [5, 5.41) is 42.8. The van der Waals surface area contributed by atoms with E-state index in [0.29, 0.717) is 5.41 Å². The normalized spacial score (nSPS) is 44.5. The lowest BCUT2D eigenvalue weighted by molar-refractivity contribution is -0.332. The van der Waals surface area contributed by atoms with Gasteiger partial charge in [0.1, 0.15) is 30.0 Å². The van der Waals surface area contributed by atoms with Crippen molar-refractivity contribution in [3.05, 3.63) is 11.6 Å². The van der Waals surface area contributed by atoms with Crippen LogP contribution in [0.2, 0.25) is 0 Å². The van der Waals surface area contributed by atoms with Gasteiger partial charge in [0.05, 0.1) is 13.2 Å². The summed E-state index contributed by atoms with van der Waals surface area (Å²) >= 11 is 0. The van der Waals surface area contributed by atoms with Crippen LogP contribution in [0.25, 0.3) is 0 Å². The van der Waals surface area contributed by atoms with Gasteiger partial charge in [0, 0.05) is 13.0 Å². The molecule has 264 valence electrons. The number of amides is 1. The van der Waals surface area contributed by atoms with Crippen LogP contribution in [-0.2, 0) is 14.2 Å². The lowest BCUT2D eigenvalue weighted by Gasteiger charge is -2.58. The summed E-state index contributed by atoms with van der Waals surface area (Å²) in [7, 11) is 0. The number of carbonyl (C=O) groups excluding carboxylic acids is 1. The molecule has 0 spiro atoms. The number of ether oxygens (including phenoxy) is 3. The second-order valence-electron chi connectivity index (χ2n) is 16.7. The zero-order valence-electron chi connectivity index (χ0n) is 29.2. The van der Waals surface area contributed by atoms with Crippen molar-refractivity contribution in [1.82, 2.24) is 5.32 Å². The van der Waals surface area contributed by atoms with Crippen LogP contribution in [0.3, 0.4) is 0 Å². The van der Waals surface area contributed by atoms with Crippen molar-refractivity contribution < 1.29 is 39.4 Å². The largest absolute Gasteiger partial charge is 0.446 e. The van der Waals surface area contributed by atoms with E-state index < -0.39 is 42.9 Å². The minimum absolute atomic E-state index is 0.00419. The number of fused-ring (bicyclic) bond motifs is 5. The molecule has 0 aromatic carbocycles. The average Bonchev–Trinajstić information content (AvgIpc) is 3.38. The maximum atomic E-state index is 12.7. The minimum Gasteiger partial charge on any atom is -0.446 e. The first-order valence-electron chi connectivity index (χ1n) is 18.3. The molecule has 0 radical (unpaired) electrons. The average molecular weight is 650 g/mol. The standard InChI is InChI=1S/C37H63NO8/c1-22(2)8-7-9-23(3)27-12-13-28-26-11-10-24-20-25(14-16-35(24,4)29(26)15-17-36(27,28)5)45-34(43)38-18-19-44-33-31(41)30(40)32(42)37(6,21-39)46-33/h10,22-23,25-33,39-42H,7-9,11-21H2,1-6H3,(H,38,43)/t23?,25?,26?,27?,28?,29?,30?,31?,32-,33?,35+,36-,37?/m1/s1. The van der Waals surface area contributed by atoms with Gasteiger partial charge in [0.2, 0.25) is 0 Å². The predicted octanol–water partition coefficient (Wildman–Crippen LogP) is 5.33. The Morgan fingerprint density at radius 2 is 1.78 bits per heavy atom. The number of alkyl carbamates (subject to hydrolysis) is 1. The van der Waals surface area contributed by atoms with Crippen LogP contribution in [0.15, 0.2) is 11.6 Å². The van der Waals surface area contributed by atoms with Crippen molar-refractivity contribution in [3.8, 4) is 0 Å². The number of hydrogen-bond acceptors (Lipinski definition) is 8.